The van der Waals surface area contributed by atoms with Crippen molar-refractivity contribution in [3.63, 3.8) is 0 Å². The first-order valence-corrected chi connectivity index (χ1v) is 5.41. The third-order valence-electron chi connectivity index (χ3n) is 2.79. The van der Waals surface area contributed by atoms with Gasteiger partial charge in [-0.05, 0) is 13.3 Å². The fourth-order valence-corrected chi connectivity index (χ4v) is 1.76. The number of likely N-dealkylation sites (tertiary alicyclic amines) is 1. The Bertz CT molecular complexity index is 211. The number of nitrogens with one attached hydrogen (secondary N) is 1. The van der Waals surface area contributed by atoms with E-state index in [1.807, 2.05) is 6.92 Å². The minimum atomic E-state index is -0.0876. The van der Waals surface area contributed by atoms with Crippen molar-refractivity contribution >= 4 is 5.91 Å². The van der Waals surface area contributed by atoms with Crippen LogP contribution in [0.2, 0.25) is 0 Å². The van der Waals surface area contributed by atoms with E-state index in [2.05, 4.69) is 10.2 Å². The van der Waals surface area contributed by atoms with Gasteiger partial charge in [-0.2, -0.15) is 0 Å². The van der Waals surface area contributed by atoms with Crippen LogP contribution >= 0.6 is 0 Å². The average molecular weight is 215 g/mol. The lowest BCUT2D eigenvalue weighted by atomic mass is 10.2. The minimum absolute atomic E-state index is 0.0566. The molecular formula is C10H21N3O2. The molecule has 0 aromatic carbocycles. The number of carbonyl (C=O) groups excluding carboxylic acids is 1. The van der Waals surface area contributed by atoms with Crippen molar-refractivity contribution in [1.29, 1.82) is 0 Å². The number of carbonyl (C=O) groups is 1. The molecule has 2 unspecified atom stereocenters. The number of nitrogens with two attached hydrogens (primary N) is 1. The molecule has 5 heteroatoms. The standard InChI is InChI=1S/C10H21N3O2/c1-8(10(14)12-4-6-15-2)13-5-3-9(11)7-13/h8-9H,3-7,11H2,1-2H3,(H,12,14). The van der Waals surface area contributed by atoms with Crippen LogP contribution in [0, 0.1) is 0 Å². The highest BCUT2D eigenvalue weighted by molar-refractivity contribution is 5.81. The molecule has 1 rings (SSSR count). The predicted molar refractivity (Wildman–Crippen MR) is 58.5 cm³/mol. The van der Waals surface area contributed by atoms with Gasteiger partial charge in [0.05, 0.1) is 12.6 Å². The van der Waals surface area contributed by atoms with Gasteiger partial charge in [0.15, 0.2) is 0 Å². The number of nitrogens with zero attached hydrogens (tertiary/aromatic N) is 1. The average Bonchev–Trinajstić information content (AvgIpc) is 2.64. The Labute approximate surface area is 90.9 Å². The largest absolute Gasteiger partial charge is 0.383 e. The molecule has 0 spiro atoms. The van der Waals surface area contributed by atoms with Crippen LogP contribution in [0.25, 0.3) is 0 Å². The highest BCUT2D eigenvalue weighted by Crippen LogP contribution is 2.10. The van der Waals surface area contributed by atoms with Crippen LogP contribution in [-0.2, 0) is 9.53 Å². The molecule has 1 aliphatic rings. The van der Waals surface area contributed by atoms with Gasteiger partial charge in [0.1, 0.15) is 0 Å². The second-order valence-electron chi connectivity index (χ2n) is 4.00. The molecule has 1 amide bonds. The number of hydrogen-bond acceptors (Lipinski definition) is 4. The minimum Gasteiger partial charge on any atom is -0.383 e. The smallest absolute Gasteiger partial charge is 0.237 e. The van der Waals surface area contributed by atoms with E-state index < -0.39 is 0 Å². The zero-order valence-corrected chi connectivity index (χ0v) is 9.53. The molecule has 0 bridgehead atoms. The van der Waals surface area contributed by atoms with E-state index in [1.54, 1.807) is 7.11 Å². The first-order valence-electron chi connectivity index (χ1n) is 5.41. The van der Waals surface area contributed by atoms with Crippen molar-refractivity contribution < 1.29 is 9.53 Å². The van der Waals surface area contributed by atoms with Crippen LogP contribution in [-0.4, -0.2) is 56.2 Å². The Morgan fingerprint density at radius 1 is 1.73 bits per heavy atom. The molecule has 2 atom stereocenters. The van der Waals surface area contributed by atoms with Crippen molar-refractivity contribution in [2.24, 2.45) is 5.73 Å². The van der Waals surface area contributed by atoms with Gasteiger partial charge in [0.25, 0.3) is 0 Å². The predicted octanol–water partition coefficient (Wildman–Crippen LogP) is -0.829. The maximum absolute atomic E-state index is 11.7. The van der Waals surface area contributed by atoms with E-state index in [9.17, 15) is 4.79 Å². The number of hydrogen-bond donors (Lipinski definition) is 2. The van der Waals surface area contributed by atoms with Crippen LogP contribution < -0.4 is 11.1 Å². The quantitative estimate of drug-likeness (QED) is 0.587. The van der Waals surface area contributed by atoms with Crippen molar-refractivity contribution in [1.82, 2.24) is 10.2 Å². The second-order valence-corrected chi connectivity index (χ2v) is 4.00. The third-order valence-corrected chi connectivity index (χ3v) is 2.79. The Kier molecular flexibility index (Phi) is 5.01. The summed E-state index contributed by atoms with van der Waals surface area (Å²) >= 11 is 0. The van der Waals surface area contributed by atoms with Gasteiger partial charge in [0.2, 0.25) is 5.91 Å². The summed E-state index contributed by atoms with van der Waals surface area (Å²) in [5.74, 6) is 0.0566. The molecule has 0 saturated carbocycles. The highest BCUT2D eigenvalue weighted by Gasteiger charge is 2.27. The van der Waals surface area contributed by atoms with Crippen molar-refractivity contribution in [3.8, 4) is 0 Å². The topological polar surface area (TPSA) is 67.6 Å². The number of methoxy groups -OCH3 is 1. The van der Waals surface area contributed by atoms with Gasteiger partial charge in [-0.1, -0.05) is 0 Å². The summed E-state index contributed by atoms with van der Waals surface area (Å²) in [7, 11) is 1.62. The van der Waals surface area contributed by atoms with Gasteiger partial charge in [0, 0.05) is 32.8 Å². The van der Waals surface area contributed by atoms with Crippen LogP contribution in [0.1, 0.15) is 13.3 Å². The third kappa shape index (κ3) is 3.77. The Morgan fingerprint density at radius 3 is 3.00 bits per heavy atom. The Balaban J connectivity index is 2.26. The molecule has 0 aliphatic carbocycles. The first-order chi connectivity index (χ1) is 7.15. The zero-order valence-electron chi connectivity index (χ0n) is 9.53. The van der Waals surface area contributed by atoms with Crippen LogP contribution in [0.5, 0.6) is 0 Å². The number of rotatable bonds is 5. The highest BCUT2D eigenvalue weighted by atomic mass is 16.5. The molecule has 88 valence electrons. The summed E-state index contributed by atoms with van der Waals surface area (Å²) in [4.78, 5) is 13.8. The summed E-state index contributed by atoms with van der Waals surface area (Å²) in [5.41, 5.74) is 5.79. The first kappa shape index (κ1) is 12.4. The lowest BCUT2D eigenvalue weighted by Gasteiger charge is -2.22. The SMILES string of the molecule is COCCNC(=O)C(C)N1CCC(N)C1. The molecule has 0 aromatic rings. The molecule has 1 heterocycles. The van der Waals surface area contributed by atoms with Crippen LogP contribution in [0.4, 0.5) is 0 Å². The molecule has 3 N–H and O–H groups in total. The van der Waals surface area contributed by atoms with Gasteiger partial charge in [-0.15, -0.1) is 0 Å². The summed E-state index contributed by atoms with van der Waals surface area (Å²) < 4.78 is 4.87. The Hall–Kier alpha value is -0.650. The molecule has 1 aliphatic heterocycles. The van der Waals surface area contributed by atoms with Crippen LogP contribution in [0.15, 0.2) is 0 Å². The normalized spacial score (nSPS) is 24.1. The summed E-state index contributed by atoms with van der Waals surface area (Å²) in [6.07, 6.45) is 0.982. The molecule has 1 saturated heterocycles. The van der Waals surface area contributed by atoms with E-state index >= 15 is 0 Å². The van der Waals surface area contributed by atoms with Crippen molar-refractivity contribution in [2.75, 3.05) is 33.4 Å². The van der Waals surface area contributed by atoms with Crippen molar-refractivity contribution in [3.05, 3.63) is 0 Å². The fourth-order valence-electron chi connectivity index (χ4n) is 1.76. The molecule has 1 fully saturated rings. The number of amides is 1. The summed E-state index contributed by atoms with van der Waals surface area (Å²) in [6.45, 7) is 4.77. The Morgan fingerprint density at radius 2 is 2.47 bits per heavy atom. The summed E-state index contributed by atoms with van der Waals surface area (Å²) in [5, 5.41) is 2.83. The lowest BCUT2D eigenvalue weighted by molar-refractivity contribution is -0.125. The molecule has 15 heavy (non-hydrogen) atoms. The molecule has 0 aromatic heterocycles. The van der Waals surface area contributed by atoms with E-state index in [0.29, 0.717) is 13.2 Å². The van der Waals surface area contributed by atoms with Crippen molar-refractivity contribution in [2.45, 2.75) is 25.4 Å². The van der Waals surface area contributed by atoms with E-state index in [-0.39, 0.29) is 18.0 Å². The van der Waals surface area contributed by atoms with E-state index in [0.717, 1.165) is 19.5 Å². The lowest BCUT2D eigenvalue weighted by Crippen LogP contribution is -2.45. The maximum atomic E-state index is 11.7. The summed E-state index contributed by atoms with van der Waals surface area (Å²) in [6, 6.07) is 0.134. The molecule has 0 radical (unpaired) electrons. The fraction of sp³-hybridized carbons (Fsp3) is 0.900. The second kappa shape index (κ2) is 6.05. The molecular weight excluding hydrogens is 194 g/mol. The van der Waals surface area contributed by atoms with Gasteiger partial charge in [-0.3, -0.25) is 9.69 Å². The van der Waals surface area contributed by atoms with Gasteiger partial charge < -0.3 is 15.8 Å². The van der Waals surface area contributed by atoms with Gasteiger partial charge in [-0.25, -0.2) is 0 Å². The zero-order chi connectivity index (χ0) is 11.3. The van der Waals surface area contributed by atoms with E-state index in [4.69, 9.17) is 10.5 Å². The maximum Gasteiger partial charge on any atom is 0.237 e. The monoisotopic (exact) mass is 215 g/mol. The number of ether oxygens (including phenoxy) is 1. The van der Waals surface area contributed by atoms with Gasteiger partial charge >= 0.3 is 0 Å². The van der Waals surface area contributed by atoms with Crippen LogP contribution in [0.3, 0.4) is 0 Å². The molecule has 5 nitrogen and oxygen atoms in total. The van der Waals surface area contributed by atoms with E-state index in [1.165, 1.54) is 0 Å².